The van der Waals surface area contributed by atoms with Crippen LogP contribution in [0.15, 0.2) is 33.0 Å². The summed E-state index contributed by atoms with van der Waals surface area (Å²) in [6, 6.07) is 0. The zero-order valence-corrected chi connectivity index (χ0v) is 21.9. The lowest BCUT2D eigenvalue weighted by molar-refractivity contribution is -0.116. The lowest BCUT2D eigenvalue weighted by atomic mass is 10.1. The number of nitrogens with one attached hydrogen (secondary N) is 3. The van der Waals surface area contributed by atoms with Crippen LogP contribution in [0, 0.1) is 27.7 Å². The third-order valence-corrected chi connectivity index (χ3v) is 7.54. The van der Waals surface area contributed by atoms with Gasteiger partial charge in [-0.2, -0.15) is 0 Å². The number of carbonyl (C=O) groups is 2. The molecule has 6 nitrogen and oxygen atoms in total. The number of allylic oxidation sites excluding steroid dienone is 2. The van der Waals surface area contributed by atoms with Gasteiger partial charge < -0.3 is 15.3 Å². The molecule has 0 unspecified atom stereocenters. The smallest absolute Gasteiger partial charge is 0.273 e. The summed E-state index contributed by atoms with van der Waals surface area (Å²) in [5.74, 6) is -0.132. The van der Waals surface area contributed by atoms with E-state index in [0.29, 0.717) is 6.42 Å². The molecule has 0 aromatic carbocycles. The van der Waals surface area contributed by atoms with Gasteiger partial charge in [0.2, 0.25) is 0 Å². The van der Waals surface area contributed by atoms with E-state index in [4.69, 9.17) is 0 Å². The number of hydrogen-bond acceptors (Lipinski definition) is 2. The minimum Gasteiger partial charge on any atom is -0.355 e. The quantitative estimate of drug-likeness (QED) is 0.614. The predicted molar refractivity (Wildman–Crippen MR) is 142 cm³/mol. The fraction of sp³-hybridized carbons (Fsp3) is 0.345. The molecule has 0 spiro atoms. The highest BCUT2D eigenvalue weighted by Crippen LogP contribution is 2.27. The Balaban J connectivity index is 1.76. The number of carbonyl (C=O) groups excluding carboxylic acids is 2. The van der Waals surface area contributed by atoms with Crippen LogP contribution in [0.4, 0.5) is 0 Å². The van der Waals surface area contributed by atoms with Crippen LogP contribution in [0.25, 0.3) is 18.2 Å². The lowest BCUT2D eigenvalue weighted by Crippen LogP contribution is -2.16. The van der Waals surface area contributed by atoms with Gasteiger partial charge in [0.15, 0.2) is 0 Å². The van der Waals surface area contributed by atoms with E-state index in [-0.39, 0.29) is 11.8 Å². The third kappa shape index (κ3) is 4.18. The molecule has 0 atom stereocenters. The van der Waals surface area contributed by atoms with Crippen LogP contribution in [0.5, 0.6) is 0 Å². The molecule has 3 N–H and O–H groups in total. The summed E-state index contributed by atoms with van der Waals surface area (Å²) < 4.78 is 0. The van der Waals surface area contributed by atoms with Crippen LogP contribution >= 0.6 is 0 Å². The molecule has 2 amide bonds. The van der Waals surface area contributed by atoms with E-state index in [1.54, 1.807) is 0 Å². The SMILES string of the molecule is CCC1=C(C)C(/C=c2/[nH]/c(=C/c3[nH]c(/C=C4/NC(=O)C(CC)=C4C)c(C)c3C)c(C)c2C)=NC1=O. The maximum Gasteiger partial charge on any atom is 0.273 e. The topological polar surface area (TPSA) is 90.1 Å². The first kappa shape index (κ1) is 24.5. The van der Waals surface area contributed by atoms with Crippen molar-refractivity contribution < 1.29 is 9.59 Å². The Bertz CT molecular complexity index is 1520. The zero-order valence-electron chi connectivity index (χ0n) is 21.9. The van der Waals surface area contributed by atoms with E-state index in [2.05, 4.69) is 54.0 Å². The van der Waals surface area contributed by atoms with Crippen molar-refractivity contribution in [2.24, 2.45) is 4.99 Å². The van der Waals surface area contributed by atoms with Gasteiger partial charge in [-0.05, 0) is 106 Å². The highest BCUT2D eigenvalue weighted by atomic mass is 16.2. The van der Waals surface area contributed by atoms with E-state index in [0.717, 1.165) is 84.5 Å². The number of H-pyrrole nitrogens is 2. The van der Waals surface area contributed by atoms with E-state index in [1.165, 1.54) is 0 Å². The Labute approximate surface area is 206 Å². The van der Waals surface area contributed by atoms with Gasteiger partial charge in [-0.3, -0.25) is 9.59 Å². The Morgan fingerprint density at radius 1 is 0.686 bits per heavy atom. The van der Waals surface area contributed by atoms with Crippen molar-refractivity contribution in [3.8, 4) is 0 Å². The second-order valence-corrected chi connectivity index (χ2v) is 9.42. The number of aromatic amines is 2. The molecule has 0 radical (unpaired) electrons. The van der Waals surface area contributed by atoms with Gasteiger partial charge in [-0.25, -0.2) is 4.99 Å². The summed E-state index contributed by atoms with van der Waals surface area (Å²) in [7, 11) is 0. The van der Waals surface area contributed by atoms with Crippen molar-refractivity contribution in [3.05, 3.63) is 72.3 Å². The molecule has 182 valence electrons. The number of aromatic nitrogens is 2. The van der Waals surface area contributed by atoms with Crippen LogP contribution in [0.2, 0.25) is 0 Å². The van der Waals surface area contributed by atoms with Crippen molar-refractivity contribution in [3.63, 3.8) is 0 Å². The van der Waals surface area contributed by atoms with Gasteiger partial charge in [0.1, 0.15) is 0 Å². The summed E-state index contributed by atoms with van der Waals surface area (Å²) in [4.78, 5) is 35.7. The van der Waals surface area contributed by atoms with Crippen LogP contribution < -0.4 is 16.0 Å². The molecule has 2 aromatic heterocycles. The fourth-order valence-corrected chi connectivity index (χ4v) is 4.80. The monoisotopic (exact) mass is 470 g/mol. The molecule has 2 aromatic rings. The predicted octanol–water partition coefficient (Wildman–Crippen LogP) is 4.09. The summed E-state index contributed by atoms with van der Waals surface area (Å²) >= 11 is 0. The highest BCUT2D eigenvalue weighted by Gasteiger charge is 2.23. The molecule has 35 heavy (non-hydrogen) atoms. The van der Waals surface area contributed by atoms with Crippen LogP contribution in [0.3, 0.4) is 0 Å². The molecule has 6 heteroatoms. The lowest BCUT2D eigenvalue weighted by Gasteiger charge is -2.00. The Morgan fingerprint density at radius 2 is 1.26 bits per heavy atom. The van der Waals surface area contributed by atoms with Gasteiger partial charge in [-0.15, -0.1) is 0 Å². The number of amides is 2. The molecule has 2 aliphatic heterocycles. The van der Waals surface area contributed by atoms with Crippen molar-refractivity contribution >= 4 is 35.8 Å². The average Bonchev–Trinajstić information content (AvgIpc) is 3.44. The Kier molecular flexibility index (Phi) is 6.41. The molecule has 0 fully saturated rings. The van der Waals surface area contributed by atoms with Gasteiger partial charge in [-0.1, -0.05) is 13.8 Å². The summed E-state index contributed by atoms with van der Waals surface area (Å²) in [5, 5.41) is 4.97. The summed E-state index contributed by atoms with van der Waals surface area (Å²) in [5.41, 5.74) is 11.8. The number of rotatable bonds is 5. The molecule has 4 heterocycles. The van der Waals surface area contributed by atoms with Crippen LogP contribution in [0.1, 0.15) is 74.2 Å². The van der Waals surface area contributed by atoms with Crippen molar-refractivity contribution in [2.45, 2.75) is 68.2 Å². The number of nitrogens with zero attached hydrogens (tertiary/aromatic N) is 1. The summed E-state index contributed by atoms with van der Waals surface area (Å²) in [6.45, 7) is 16.3. The molecule has 0 saturated carbocycles. The van der Waals surface area contributed by atoms with E-state index < -0.39 is 0 Å². The van der Waals surface area contributed by atoms with Gasteiger partial charge in [0.25, 0.3) is 11.8 Å². The molecule has 0 saturated heterocycles. The van der Waals surface area contributed by atoms with Crippen LogP contribution in [-0.4, -0.2) is 27.5 Å². The first-order valence-electron chi connectivity index (χ1n) is 12.2. The zero-order chi connectivity index (χ0) is 25.6. The van der Waals surface area contributed by atoms with E-state index in [9.17, 15) is 9.59 Å². The van der Waals surface area contributed by atoms with E-state index in [1.807, 2.05) is 39.8 Å². The maximum atomic E-state index is 12.2. The molecular weight excluding hydrogens is 436 g/mol. The van der Waals surface area contributed by atoms with Gasteiger partial charge in [0, 0.05) is 38.9 Å². The molecule has 4 rings (SSSR count). The molecule has 2 aliphatic rings. The largest absolute Gasteiger partial charge is 0.355 e. The molecule has 0 bridgehead atoms. The maximum absolute atomic E-state index is 12.2. The van der Waals surface area contributed by atoms with Crippen molar-refractivity contribution in [1.82, 2.24) is 15.3 Å². The van der Waals surface area contributed by atoms with E-state index >= 15 is 0 Å². The van der Waals surface area contributed by atoms with Gasteiger partial charge >= 0.3 is 0 Å². The summed E-state index contributed by atoms with van der Waals surface area (Å²) in [6.07, 6.45) is 7.53. The van der Waals surface area contributed by atoms with Gasteiger partial charge in [0.05, 0.1) is 5.71 Å². The number of aliphatic imine (C=N–C) groups is 1. The normalized spacial score (nSPS) is 18.6. The van der Waals surface area contributed by atoms with Crippen molar-refractivity contribution in [2.75, 3.05) is 0 Å². The molecule has 0 aliphatic carbocycles. The number of hydrogen-bond donors (Lipinski definition) is 3. The standard InChI is InChI=1S/C29H34N4O2/c1-9-20-18(7)26(32-28(20)34)12-24-16(5)14(3)22(30-24)11-23-15(4)17(6)25(31-23)13-27-19(8)21(10-2)29(35)33-27/h11-13,30-31H,9-10H2,1-8H3,(H,32,34)/b23-11+,25-13+,26-12+. The second-order valence-electron chi connectivity index (χ2n) is 9.42. The Hall–Kier alpha value is -3.67. The minimum atomic E-state index is -0.127. The third-order valence-electron chi connectivity index (χ3n) is 7.54. The minimum absolute atomic E-state index is 0.00469. The average molecular weight is 471 g/mol. The molecular formula is C29H34N4O2. The van der Waals surface area contributed by atoms with Crippen molar-refractivity contribution in [1.29, 1.82) is 0 Å². The second kappa shape index (κ2) is 9.17. The Morgan fingerprint density at radius 3 is 1.80 bits per heavy atom. The van der Waals surface area contributed by atoms with Crippen LogP contribution in [-0.2, 0) is 9.59 Å². The first-order valence-corrected chi connectivity index (χ1v) is 12.2. The first-order chi connectivity index (χ1) is 16.6. The fourth-order valence-electron chi connectivity index (χ4n) is 4.80. The highest BCUT2D eigenvalue weighted by molar-refractivity contribution is 6.30.